The van der Waals surface area contributed by atoms with E-state index in [0.29, 0.717) is 47.5 Å². The van der Waals surface area contributed by atoms with E-state index in [0.717, 1.165) is 31.3 Å². The van der Waals surface area contributed by atoms with Crippen molar-refractivity contribution in [2.45, 2.75) is 118 Å². The lowest BCUT2D eigenvalue weighted by atomic mass is 9.44. The third-order valence-electron chi connectivity index (χ3n) is 12.8. The van der Waals surface area contributed by atoms with Crippen molar-refractivity contribution in [3.8, 4) is 0 Å². The second kappa shape index (κ2) is 10.7. The summed E-state index contributed by atoms with van der Waals surface area (Å²) in [6, 6.07) is 10.8. The number of hydrogen-bond donors (Lipinski definition) is 0. The third kappa shape index (κ3) is 4.83. The van der Waals surface area contributed by atoms with Crippen LogP contribution in [0.4, 0.5) is 0 Å². The first-order chi connectivity index (χ1) is 18.7. The lowest BCUT2D eigenvalue weighted by Gasteiger charge is -2.62. The fraction of sp³-hybridized carbons (Fsp3) is 0.750. The molecule has 0 radical (unpaired) electrons. The molecule has 4 aliphatic carbocycles. The van der Waals surface area contributed by atoms with Crippen LogP contribution in [0.5, 0.6) is 0 Å². The van der Waals surface area contributed by atoms with Gasteiger partial charge in [-0.15, -0.1) is 0 Å². The van der Waals surface area contributed by atoms with Gasteiger partial charge in [-0.3, -0.25) is 4.79 Å². The van der Waals surface area contributed by atoms with Crippen molar-refractivity contribution in [2.24, 2.45) is 52.3 Å². The minimum atomic E-state index is 0.0127. The molecular weight excluding hydrogens is 480 g/mol. The molecular formula is C36H52O3. The van der Waals surface area contributed by atoms with Crippen molar-refractivity contribution in [3.63, 3.8) is 0 Å². The highest BCUT2D eigenvalue weighted by Crippen LogP contribution is 2.67. The van der Waals surface area contributed by atoms with E-state index in [9.17, 15) is 4.79 Å². The van der Waals surface area contributed by atoms with Gasteiger partial charge in [-0.25, -0.2) is 0 Å². The van der Waals surface area contributed by atoms with Crippen LogP contribution in [0.3, 0.4) is 0 Å². The van der Waals surface area contributed by atoms with E-state index >= 15 is 0 Å². The summed E-state index contributed by atoms with van der Waals surface area (Å²) in [6.07, 6.45) is 15.1. The fourth-order valence-electron chi connectivity index (χ4n) is 10.4. The maximum absolute atomic E-state index is 12.6. The molecule has 0 bridgehead atoms. The van der Waals surface area contributed by atoms with E-state index in [1.54, 1.807) is 5.57 Å². The first kappa shape index (κ1) is 27.6. The van der Waals surface area contributed by atoms with Crippen molar-refractivity contribution < 1.29 is 14.3 Å². The van der Waals surface area contributed by atoms with E-state index in [1.807, 2.05) is 0 Å². The molecule has 1 aromatic carbocycles. The molecule has 1 aliphatic heterocycles. The van der Waals surface area contributed by atoms with Crippen molar-refractivity contribution in [3.05, 3.63) is 47.5 Å². The Morgan fingerprint density at radius 3 is 2.56 bits per heavy atom. The zero-order valence-electron chi connectivity index (χ0n) is 25.2. The van der Waals surface area contributed by atoms with Crippen LogP contribution < -0.4 is 0 Å². The number of hydrogen-bond acceptors (Lipinski definition) is 3. The first-order valence-corrected chi connectivity index (χ1v) is 16.3. The third-order valence-corrected chi connectivity index (χ3v) is 12.8. The summed E-state index contributed by atoms with van der Waals surface area (Å²) in [7, 11) is 0. The quantitative estimate of drug-likeness (QED) is 0.271. The number of carbonyl (C=O) groups is 1. The molecule has 3 nitrogen and oxygen atoms in total. The van der Waals surface area contributed by atoms with Crippen LogP contribution >= 0.6 is 0 Å². The molecule has 5 aliphatic rings. The summed E-state index contributed by atoms with van der Waals surface area (Å²) in [6.45, 7) is 12.8. The minimum absolute atomic E-state index is 0.0127. The molecule has 1 heterocycles. The highest BCUT2D eigenvalue weighted by Gasteiger charge is 2.61. The molecule has 0 spiro atoms. The van der Waals surface area contributed by atoms with Gasteiger partial charge in [0, 0.05) is 12.3 Å². The number of rotatable bonds is 6. The van der Waals surface area contributed by atoms with Gasteiger partial charge in [0.1, 0.15) is 6.10 Å². The number of allylic oxidation sites excluding steroid dienone is 1. The lowest BCUT2D eigenvalue weighted by Crippen LogP contribution is -2.58. The highest BCUT2D eigenvalue weighted by molar-refractivity contribution is 5.70. The Morgan fingerprint density at radius 1 is 1.00 bits per heavy atom. The highest BCUT2D eigenvalue weighted by atomic mass is 16.5. The van der Waals surface area contributed by atoms with E-state index in [4.69, 9.17) is 9.47 Å². The summed E-state index contributed by atoms with van der Waals surface area (Å²) in [4.78, 5) is 12.6. The van der Waals surface area contributed by atoms with Gasteiger partial charge in [0.05, 0.1) is 12.7 Å². The number of ether oxygens (including phenoxy) is 2. The zero-order valence-corrected chi connectivity index (χ0v) is 25.2. The maximum Gasteiger partial charge on any atom is 0.306 e. The predicted octanol–water partition coefficient (Wildman–Crippen LogP) is 8.76. The van der Waals surface area contributed by atoms with Crippen molar-refractivity contribution >= 4 is 5.97 Å². The molecule has 214 valence electrons. The molecule has 6 rings (SSSR count). The average molecular weight is 533 g/mol. The van der Waals surface area contributed by atoms with Crippen LogP contribution in [0.1, 0.15) is 104 Å². The minimum Gasteiger partial charge on any atom is -0.462 e. The molecule has 1 aromatic rings. The SMILES string of the molecule is CC(C)C1CC(=O)OC(C(C)C2=CCC3C4C(OCc5ccccc5)CC5CCCCC5(C)C4CCC23C)C1. The standard InChI is InChI=1S/C36H52O3/c1-23(2)26-19-31(39-33(37)20-26)24(3)28-14-15-29-34-30(16-18-36(28,29)5)35(4)17-10-9-13-27(35)21-32(34)38-22-25-11-7-6-8-12-25/h6-8,11-12,14,23-24,26-27,29-32,34H,9-10,13,15-22H2,1-5H3. The van der Waals surface area contributed by atoms with Crippen molar-refractivity contribution in [2.75, 3.05) is 0 Å². The summed E-state index contributed by atoms with van der Waals surface area (Å²) in [5.41, 5.74) is 3.53. The van der Waals surface area contributed by atoms with Gasteiger partial charge in [-0.1, -0.05) is 89.4 Å². The van der Waals surface area contributed by atoms with Gasteiger partial charge < -0.3 is 9.47 Å². The Labute approximate surface area is 237 Å². The number of benzene rings is 1. The van der Waals surface area contributed by atoms with Crippen LogP contribution in [0.2, 0.25) is 0 Å². The fourth-order valence-corrected chi connectivity index (χ4v) is 10.4. The Balaban J connectivity index is 1.26. The van der Waals surface area contributed by atoms with Crippen molar-refractivity contribution in [1.82, 2.24) is 0 Å². The monoisotopic (exact) mass is 532 g/mol. The average Bonchev–Trinajstić information content (AvgIpc) is 3.28. The molecule has 0 amide bonds. The summed E-state index contributed by atoms with van der Waals surface area (Å²) < 4.78 is 13.0. The van der Waals surface area contributed by atoms with Crippen LogP contribution in [0.15, 0.2) is 42.0 Å². The van der Waals surface area contributed by atoms with Gasteiger partial charge in [0.25, 0.3) is 0 Å². The Hall–Kier alpha value is -1.61. The molecule has 10 unspecified atom stereocenters. The zero-order chi connectivity index (χ0) is 27.4. The molecule has 0 N–H and O–H groups in total. The Morgan fingerprint density at radius 2 is 1.79 bits per heavy atom. The number of fused-ring (bicyclic) bond motifs is 5. The molecule has 4 fully saturated rings. The van der Waals surface area contributed by atoms with Gasteiger partial charge in [0.2, 0.25) is 0 Å². The van der Waals surface area contributed by atoms with Gasteiger partial charge >= 0.3 is 5.97 Å². The largest absolute Gasteiger partial charge is 0.462 e. The summed E-state index contributed by atoms with van der Waals surface area (Å²) >= 11 is 0. The molecule has 10 atom stereocenters. The van der Waals surface area contributed by atoms with E-state index in [2.05, 4.69) is 71.0 Å². The molecule has 1 saturated heterocycles. The molecule has 39 heavy (non-hydrogen) atoms. The maximum atomic E-state index is 12.6. The van der Waals surface area contributed by atoms with Crippen LogP contribution in [0, 0.1) is 52.3 Å². The number of cyclic esters (lactones) is 1. The van der Waals surface area contributed by atoms with Gasteiger partial charge in [-0.2, -0.15) is 0 Å². The lowest BCUT2D eigenvalue weighted by molar-refractivity contribution is -0.177. The van der Waals surface area contributed by atoms with Crippen molar-refractivity contribution in [1.29, 1.82) is 0 Å². The van der Waals surface area contributed by atoms with Crippen LogP contribution in [0.25, 0.3) is 0 Å². The smallest absolute Gasteiger partial charge is 0.306 e. The Kier molecular flexibility index (Phi) is 7.53. The van der Waals surface area contributed by atoms with Crippen LogP contribution in [-0.4, -0.2) is 18.2 Å². The van der Waals surface area contributed by atoms with E-state index in [1.165, 1.54) is 50.5 Å². The predicted molar refractivity (Wildman–Crippen MR) is 157 cm³/mol. The van der Waals surface area contributed by atoms with Crippen LogP contribution in [-0.2, 0) is 20.9 Å². The first-order valence-electron chi connectivity index (χ1n) is 16.3. The van der Waals surface area contributed by atoms with E-state index in [-0.39, 0.29) is 17.5 Å². The van der Waals surface area contributed by atoms with E-state index < -0.39 is 0 Å². The van der Waals surface area contributed by atoms with Gasteiger partial charge in [-0.05, 0) is 96.8 Å². The Bertz CT molecular complexity index is 1060. The normalized spacial score (nSPS) is 42.7. The summed E-state index contributed by atoms with van der Waals surface area (Å²) in [5.74, 6) is 4.09. The second-order valence-corrected chi connectivity index (χ2v) is 14.9. The molecule has 0 aromatic heterocycles. The number of carbonyl (C=O) groups excluding carboxylic acids is 1. The molecule has 3 saturated carbocycles. The number of esters is 1. The topological polar surface area (TPSA) is 35.5 Å². The molecule has 3 heteroatoms. The second-order valence-electron chi connectivity index (χ2n) is 14.9. The van der Waals surface area contributed by atoms with Gasteiger partial charge in [0.15, 0.2) is 0 Å². The summed E-state index contributed by atoms with van der Waals surface area (Å²) in [5, 5.41) is 0.